The second-order valence-electron chi connectivity index (χ2n) is 3.75. The molecule has 0 aliphatic carbocycles. The normalized spacial score (nSPS) is 12.1. The molecule has 0 aliphatic heterocycles. The number of aromatic nitrogens is 4. The Bertz CT molecular complexity index is 566. The van der Waals surface area contributed by atoms with Crippen LogP contribution in [0.2, 0.25) is 0 Å². The molecule has 2 rings (SSSR count). The topological polar surface area (TPSA) is 86.7 Å². The summed E-state index contributed by atoms with van der Waals surface area (Å²) in [5.74, 6) is 0.726. The summed E-state index contributed by atoms with van der Waals surface area (Å²) >= 11 is 1.47. The number of nitrogens with zero attached hydrogens (tertiary/aromatic N) is 3. The molecule has 0 radical (unpaired) electrons. The molecular weight excluding hydrogens is 250 g/mol. The molecule has 0 atom stereocenters. The molecule has 2 heterocycles. The monoisotopic (exact) mass is 265 g/mol. The average Bonchev–Trinajstić information content (AvgIpc) is 2.86. The van der Waals surface area contributed by atoms with Crippen molar-refractivity contribution in [3.8, 4) is 0 Å². The van der Waals surface area contributed by atoms with Crippen LogP contribution in [0.5, 0.6) is 0 Å². The third-order valence-corrected chi connectivity index (χ3v) is 2.96. The standard InChI is InChI=1S/C11H15N5OS/c1-7(5-17)3-4-12-9-8-10(14-6-13-8)16-11(15-9)18-2/h3,6,17H,4-5H2,1-2H3,(H2,12,13,14,15,16)/b7-3+. The van der Waals surface area contributed by atoms with E-state index in [1.54, 1.807) is 6.33 Å². The minimum absolute atomic E-state index is 0.0704. The van der Waals surface area contributed by atoms with Gasteiger partial charge >= 0.3 is 0 Å². The fraction of sp³-hybridized carbons (Fsp3) is 0.364. The van der Waals surface area contributed by atoms with E-state index >= 15 is 0 Å². The molecule has 2 aromatic heterocycles. The quantitative estimate of drug-likeness (QED) is 0.430. The molecule has 0 spiro atoms. The smallest absolute Gasteiger partial charge is 0.191 e. The highest BCUT2D eigenvalue weighted by molar-refractivity contribution is 7.98. The van der Waals surface area contributed by atoms with Gasteiger partial charge in [-0.2, -0.15) is 0 Å². The summed E-state index contributed by atoms with van der Waals surface area (Å²) in [6.45, 7) is 2.55. The lowest BCUT2D eigenvalue weighted by atomic mass is 10.3. The summed E-state index contributed by atoms with van der Waals surface area (Å²) in [6, 6.07) is 0. The number of H-pyrrole nitrogens is 1. The predicted octanol–water partition coefficient (Wildman–Crippen LogP) is 1.43. The minimum atomic E-state index is 0.0704. The summed E-state index contributed by atoms with van der Waals surface area (Å²) < 4.78 is 0. The first-order valence-corrected chi connectivity index (χ1v) is 6.72. The minimum Gasteiger partial charge on any atom is -0.392 e. The second kappa shape index (κ2) is 5.83. The van der Waals surface area contributed by atoms with Gasteiger partial charge in [-0.3, -0.25) is 0 Å². The summed E-state index contributed by atoms with van der Waals surface area (Å²) in [5, 5.41) is 12.8. The van der Waals surface area contributed by atoms with Gasteiger partial charge < -0.3 is 15.4 Å². The molecule has 96 valence electrons. The summed E-state index contributed by atoms with van der Waals surface area (Å²) in [7, 11) is 0. The molecule has 0 aromatic carbocycles. The Balaban J connectivity index is 2.23. The summed E-state index contributed by atoms with van der Waals surface area (Å²) in [6.07, 6.45) is 5.44. The third-order valence-electron chi connectivity index (χ3n) is 2.42. The molecule has 0 aliphatic rings. The van der Waals surface area contributed by atoms with Crippen LogP contribution in [-0.2, 0) is 0 Å². The van der Waals surface area contributed by atoms with Crippen molar-refractivity contribution in [1.29, 1.82) is 0 Å². The van der Waals surface area contributed by atoms with Crippen molar-refractivity contribution in [2.45, 2.75) is 12.1 Å². The van der Waals surface area contributed by atoms with Gasteiger partial charge in [0.25, 0.3) is 0 Å². The van der Waals surface area contributed by atoms with E-state index in [-0.39, 0.29) is 6.61 Å². The number of imidazole rings is 1. The fourth-order valence-electron chi connectivity index (χ4n) is 1.42. The first-order chi connectivity index (χ1) is 8.74. The maximum Gasteiger partial charge on any atom is 0.191 e. The van der Waals surface area contributed by atoms with Crippen LogP contribution < -0.4 is 5.32 Å². The maximum atomic E-state index is 8.91. The first-order valence-electron chi connectivity index (χ1n) is 5.50. The van der Waals surface area contributed by atoms with Crippen molar-refractivity contribution < 1.29 is 5.11 Å². The Morgan fingerprint density at radius 1 is 1.56 bits per heavy atom. The van der Waals surface area contributed by atoms with Crippen molar-refractivity contribution in [1.82, 2.24) is 19.9 Å². The lowest BCUT2D eigenvalue weighted by molar-refractivity contribution is 0.331. The van der Waals surface area contributed by atoms with Crippen LogP contribution in [0.15, 0.2) is 23.1 Å². The van der Waals surface area contributed by atoms with Gasteiger partial charge in [-0.15, -0.1) is 0 Å². The SMILES string of the molecule is CSc1nc(NC/C=C(\C)CO)c2[nH]cnc2n1. The van der Waals surface area contributed by atoms with Gasteiger partial charge in [-0.1, -0.05) is 23.4 Å². The zero-order valence-corrected chi connectivity index (χ0v) is 11.1. The Morgan fingerprint density at radius 3 is 3.11 bits per heavy atom. The van der Waals surface area contributed by atoms with E-state index in [1.165, 1.54) is 11.8 Å². The predicted molar refractivity (Wildman–Crippen MR) is 72.8 cm³/mol. The Morgan fingerprint density at radius 2 is 2.39 bits per heavy atom. The largest absolute Gasteiger partial charge is 0.392 e. The summed E-state index contributed by atoms with van der Waals surface area (Å²) in [4.78, 5) is 15.8. The van der Waals surface area contributed by atoms with Crippen molar-refractivity contribution in [3.05, 3.63) is 18.0 Å². The van der Waals surface area contributed by atoms with E-state index in [4.69, 9.17) is 5.11 Å². The van der Waals surface area contributed by atoms with E-state index in [1.807, 2.05) is 19.3 Å². The Kier molecular flexibility index (Phi) is 4.16. The van der Waals surface area contributed by atoms with Gasteiger partial charge in [-0.25, -0.2) is 15.0 Å². The molecule has 2 aromatic rings. The number of rotatable bonds is 5. The second-order valence-corrected chi connectivity index (χ2v) is 4.52. The zero-order chi connectivity index (χ0) is 13.0. The van der Waals surface area contributed by atoms with Crippen molar-refractivity contribution >= 4 is 28.7 Å². The highest BCUT2D eigenvalue weighted by atomic mass is 32.2. The van der Waals surface area contributed by atoms with Crippen LogP contribution in [0, 0.1) is 0 Å². The van der Waals surface area contributed by atoms with Crippen LogP contribution in [0.1, 0.15) is 6.92 Å². The van der Waals surface area contributed by atoms with E-state index in [9.17, 15) is 0 Å². The van der Waals surface area contributed by atoms with Crippen molar-refractivity contribution in [2.75, 3.05) is 24.7 Å². The van der Waals surface area contributed by atoms with Crippen molar-refractivity contribution in [3.63, 3.8) is 0 Å². The molecule has 0 amide bonds. The van der Waals surface area contributed by atoms with E-state index in [0.717, 1.165) is 16.9 Å². The molecule has 6 nitrogen and oxygen atoms in total. The van der Waals surface area contributed by atoms with Crippen LogP contribution in [-0.4, -0.2) is 44.4 Å². The Hall–Kier alpha value is -1.60. The average molecular weight is 265 g/mol. The number of fused-ring (bicyclic) bond motifs is 1. The number of hydrogen-bond donors (Lipinski definition) is 3. The van der Waals surface area contributed by atoms with Crippen LogP contribution in [0.3, 0.4) is 0 Å². The number of anilines is 1. The number of aromatic amines is 1. The third kappa shape index (κ3) is 2.80. The first kappa shape index (κ1) is 12.8. The molecule has 3 N–H and O–H groups in total. The molecular formula is C11H15N5OS. The van der Waals surface area contributed by atoms with Gasteiger partial charge in [0.15, 0.2) is 16.6 Å². The Labute approximate surface area is 109 Å². The van der Waals surface area contributed by atoms with Gasteiger partial charge in [0.1, 0.15) is 5.52 Å². The van der Waals surface area contributed by atoms with Crippen LogP contribution in [0.4, 0.5) is 5.82 Å². The lowest BCUT2D eigenvalue weighted by Gasteiger charge is -2.05. The van der Waals surface area contributed by atoms with Gasteiger partial charge in [0, 0.05) is 6.54 Å². The molecule has 18 heavy (non-hydrogen) atoms. The highest BCUT2D eigenvalue weighted by Gasteiger charge is 2.08. The van der Waals surface area contributed by atoms with E-state index in [0.29, 0.717) is 17.3 Å². The number of hydrogen-bond acceptors (Lipinski definition) is 6. The molecule has 7 heteroatoms. The zero-order valence-electron chi connectivity index (χ0n) is 10.3. The van der Waals surface area contributed by atoms with Gasteiger partial charge in [0.2, 0.25) is 0 Å². The van der Waals surface area contributed by atoms with Gasteiger partial charge in [0.05, 0.1) is 12.9 Å². The van der Waals surface area contributed by atoms with E-state index < -0.39 is 0 Å². The number of aliphatic hydroxyl groups excluding tert-OH is 1. The molecule has 0 fully saturated rings. The van der Waals surface area contributed by atoms with Gasteiger partial charge in [-0.05, 0) is 13.2 Å². The lowest BCUT2D eigenvalue weighted by Crippen LogP contribution is -2.04. The van der Waals surface area contributed by atoms with E-state index in [2.05, 4.69) is 25.3 Å². The van der Waals surface area contributed by atoms with Crippen LogP contribution in [0.25, 0.3) is 11.2 Å². The number of nitrogens with one attached hydrogen (secondary N) is 2. The van der Waals surface area contributed by atoms with Crippen molar-refractivity contribution in [2.24, 2.45) is 0 Å². The molecule has 0 bridgehead atoms. The summed E-state index contributed by atoms with van der Waals surface area (Å²) in [5.41, 5.74) is 2.37. The highest BCUT2D eigenvalue weighted by Crippen LogP contribution is 2.20. The van der Waals surface area contributed by atoms with Crippen LogP contribution >= 0.6 is 11.8 Å². The fourth-order valence-corrected chi connectivity index (χ4v) is 1.78. The molecule has 0 saturated carbocycles. The molecule has 0 saturated heterocycles. The maximum absolute atomic E-state index is 8.91. The number of aliphatic hydroxyl groups is 1. The number of thioether (sulfide) groups is 1. The molecule has 0 unspecified atom stereocenters.